The molecule has 1 saturated heterocycles. The summed E-state index contributed by atoms with van der Waals surface area (Å²) in [6.07, 6.45) is 0. The first kappa shape index (κ1) is 23.2. The van der Waals surface area contributed by atoms with Gasteiger partial charge in [-0.2, -0.15) is 0 Å². The average molecular weight is 440 g/mol. The third-order valence-corrected chi connectivity index (χ3v) is 5.11. The Labute approximate surface area is 190 Å². The van der Waals surface area contributed by atoms with Crippen LogP contribution >= 0.6 is 0 Å². The van der Waals surface area contributed by atoms with Crippen molar-refractivity contribution in [1.29, 1.82) is 0 Å². The molecule has 2 N–H and O–H groups in total. The molecule has 0 unspecified atom stereocenters. The smallest absolute Gasteiger partial charge is 0.221 e. The van der Waals surface area contributed by atoms with Crippen LogP contribution in [0.1, 0.15) is 13.8 Å². The van der Waals surface area contributed by atoms with Crippen molar-refractivity contribution in [3.8, 4) is 11.5 Å². The van der Waals surface area contributed by atoms with Crippen LogP contribution in [0.15, 0.2) is 53.5 Å². The summed E-state index contributed by atoms with van der Waals surface area (Å²) < 4.78 is 11.2. The third kappa shape index (κ3) is 6.80. The minimum atomic E-state index is -0.103. The van der Waals surface area contributed by atoms with Crippen molar-refractivity contribution in [3.63, 3.8) is 0 Å². The number of hydrogen-bond donors (Lipinski definition) is 2. The van der Waals surface area contributed by atoms with Crippen LogP contribution in [0, 0.1) is 0 Å². The number of guanidine groups is 1. The van der Waals surface area contributed by atoms with E-state index >= 15 is 0 Å². The molecule has 2 aromatic rings. The van der Waals surface area contributed by atoms with Crippen LogP contribution in [-0.2, 0) is 4.79 Å². The van der Waals surface area contributed by atoms with E-state index in [9.17, 15) is 4.79 Å². The first-order valence-corrected chi connectivity index (χ1v) is 11.0. The minimum Gasteiger partial charge on any atom is -0.497 e. The maximum absolute atomic E-state index is 11.2. The fraction of sp³-hybridized carbons (Fsp3) is 0.417. The minimum absolute atomic E-state index is 0.103. The second-order valence-electron chi connectivity index (χ2n) is 7.47. The van der Waals surface area contributed by atoms with E-state index < -0.39 is 0 Å². The lowest BCUT2D eigenvalue weighted by atomic mass is 10.2. The van der Waals surface area contributed by atoms with Crippen LogP contribution in [0.5, 0.6) is 11.5 Å². The van der Waals surface area contributed by atoms with Crippen LogP contribution in [0.2, 0.25) is 0 Å². The van der Waals surface area contributed by atoms with E-state index in [1.807, 2.05) is 36.4 Å². The van der Waals surface area contributed by atoms with E-state index in [2.05, 4.69) is 39.5 Å². The number of carbonyl (C=O) groups excluding carboxylic acids is 1. The van der Waals surface area contributed by atoms with Crippen molar-refractivity contribution in [2.75, 3.05) is 63.2 Å². The van der Waals surface area contributed by atoms with Crippen LogP contribution in [-0.4, -0.2) is 69.8 Å². The second-order valence-corrected chi connectivity index (χ2v) is 7.47. The normalized spacial score (nSPS) is 14.2. The summed E-state index contributed by atoms with van der Waals surface area (Å²) in [5.74, 6) is 2.40. The van der Waals surface area contributed by atoms with Crippen LogP contribution in [0.4, 0.5) is 11.4 Å². The molecule has 1 aliphatic heterocycles. The zero-order valence-corrected chi connectivity index (χ0v) is 19.1. The number of piperazine rings is 1. The molecular formula is C24H33N5O3. The summed E-state index contributed by atoms with van der Waals surface area (Å²) in [7, 11) is 1.69. The highest BCUT2D eigenvalue weighted by molar-refractivity contribution is 5.88. The molecule has 0 saturated carbocycles. The van der Waals surface area contributed by atoms with Gasteiger partial charge in [0.05, 0.1) is 13.7 Å². The number of carbonyl (C=O) groups is 1. The Morgan fingerprint density at radius 2 is 1.81 bits per heavy atom. The highest BCUT2D eigenvalue weighted by Gasteiger charge is 2.20. The van der Waals surface area contributed by atoms with Crippen LogP contribution < -0.4 is 25.0 Å². The zero-order valence-electron chi connectivity index (χ0n) is 19.1. The quantitative estimate of drug-likeness (QED) is 0.374. The van der Waals surface area contributed by atoms with Crippen molar-refractivity contribution >= 4 is 23.2 Å². The zero-order chi connectivity index (χ0) is 22.8. The number of nitrogens with zero attached hydrogens (tertiary/aromatic N) is 3. The molecule has 0 spiro atoms. The molecule has 8 heteroatoms. The Bertz CT molecular complexity index is 910. The lowest BCUT2D eigenvalue weighted by molar-refractivity contribution is -0.114. The van der Waals surface area contributed by atoms with Crippen molar-refractivity contribution in [1.82, 2.24) is 10.2 Å². The summed E-state index contributed by atoms with van der Waals surface area (Å²) in [4.78, 5) is 20.6. The predicted octanol–water partition coefficient (Wildman–Crippen LogP) is 2.82. The fourth-order valence-corrected chi connectivity index (χ4v) is 3.59. The van der Waals surface area contributed by atoms with Crippen molar-refractivity contribution < 1.29 is 14.3 Å². The van der Waals surface area contributed by atoms with E-state index in [0.717, 1.165) is 50.1 Å². The Balaban J connectivity index is 1.51. The molecule has 2 aromatic carbocycles. The number of amides is 1. The summed E-state index contributed by atoms with van der Waals surface area (Å²) in [5.41, 5.74) is 1.90. The number of hydrogen-bond acceptors (Lipinski definition) is 5. The molecule has 0 atom stereocenters. The molecular weight excluding hydrogens is 406 g/mol. The van der Waals surface area contributed by atoms with Gasteiger partial charge >= 0.3 is 0 Å². The van der Waals surface area contributed by atoms with Gasteiger partial charge in [0.1, 0.15) is 18.1 Å². The predicted molar refractivity (Wildman–Crippen MR) is 129 cm³/mol. The first-order chi connectivity index (χ1) is 15.6. The topological polar surface area (TPSA) is 78.4 Å². The van der Waals surface area contributed by atoms with Gasteiger partial charge in [0.2, 0.25) is 5.91 Å². The van der Waals surface area contributed by atoms with Crippen molar-refractivity contribution in [3.05, 3.63) is 48.5 Å². The van der Waals surface area contributed by atoms with E-state index in [4.69, 9.17) is 14.5 Å². The summed E-state index contributed by atoms with van der Waals surface area (Å²) >= 11 is 0. The molecule has 1 heterocycles. The molecule has 0 radical (unpaired) electrons. The van der Waals surface area contributed by atoms with Crippen LogP contribution in [0.25, 0.3) is 0 Å². The summed E-state index contributed by atoms with van der Waals surface area (Å²) in [6.45, 7) is 9.01. The van der Waals surface area contributed by atoms with E-state index in [1.165, 1.54) is 12.6 Å². The Morgan fingerprint density at radius 3 is 2.53 bits per heavy atom. The highest BCUT2D eigenvalue weighted by atomic mass is 16.5. The van der Waals surface area contributed by atoms with Gasteiger partial charge in [0, 0.05) is 63.2 Å². The lowest BCUT2D eigenvalue weighted by Crippen LogP contribution is -2.52. The van der Waals surface area contributed by atoms with Gasteiger partial charge in [-0.3, -0.25) is 4.79 Å². The average Bonchev–Trinajstić information content (AvgIpc) is 2.81. The molecule has 3 rings (SSSR count). The lowest BCUT2D eigenvalue weighted by Gasteiger charge is -2.37. The van der Waals surface area contributed by atoms with E-state index in [0.29, 0.717) is 18.9 Å². The Morgan fingerprint density at radius 1 is 1.06 bits per heavy atom. The number of ether oxygens (including phenoxy) is 2. The van der Waals surface area contributed by atoms with Gasteiger partial charge in [0.25, 0.3) is 0 Å². The van der Waals surface area contributed by atoms with Gasteiger partial charge in [-0.15, -0.1) is 0 Å². The fourth-order valence-electron chi connectivity index (χ4n) is 3.59. The number of nitrogens with one attached hydrogen (secondary N) is 2. The molecule has 172 valence electrons. The Kier molecular flexibility index (Phi) is 8.60. The molecule has 0 bridgehead atoms. The van der Waals surface area contributed by atoms with Crippen molar-refractivity contribution in [2.24, 2.45) is 4.99 Å². The highest BCUT2D eigenvalue weighted by Crippen LogP contribution is 2.22. The number of aliphatic imine (C=N–C) groups is 1. The monoisotopic (exact) mass is 439 g/mol. The molecule has 32 heavy (non-hydrogen) atoms. The first-order valence-electron chi connectivity index (χ1n) is 11.0. The Hall–Kier alpha value is -3.42. The largest absolute Gasteiger partial charge is 0.497 e. The second kappa shape index (κ2) is 11.8. The van der Waals surface area contributed by atoms with Gasteiger partial charge in [-0.1, -0.05) is 12.1 Å². The van der Waals surface area contributed by atoms with Gasteiger partial charge in [-0.25, -0.2) is 4.99 Å². The van der Waals surface area contributed by atoms with Gasteiger partial charge in [0.15, 0.2) is 5.96 Å². The van der Waals surface area contributed by atoms with Crippen LogP contribution in [0.3, 0.4) is 0 Å². The summed E-state index contributed by atoms with van der Waals surface area (Å²) in [5, 5.41) is 6.15. The third-order valence-electron chi connectivity index (χ3n) is 5.11. The van der Waals surface area contributed by atoms with E-state index in [1.54, 1.807) is 7.11 Å². The molecule has 8 nitrogen and oxygen atoms in total. The van der Waals surface area contributed by atoms with Gasteiger partial charge in [-0.05, 0) is 31.2 Å². The number of anilines is 2. The standard InChI is InChI=1S/C24H33N5O3/c1-4-25-24(26-11-16-32-23-10-5-7-20(17-23)27-19(2)30)29-14-12-28(13-15-29)21-8-6-9-22(18-21)31-3/h5-10,17-18H,4,11-16H2,1-3H3,(H,25,26)(H,27,30). The molecule has 1 fully saturated rings. The SMILES string of the molecule is CCNC(=NCCOc1cccc(NC(C)=O)c1)N1CCN(c2cccc(OC)c2)CC1. The molecule has 1 amide bonds. The number of benzene rings is 2. The van der Waals surface area contributed by atoms with E-state index in [-0.39, 0.29) is 5.91 Å². The molecule has 0 aliphatic carbocycles. The maximum atomic E-state index is 11.2. The molecule has 0 aromatic heterocycles. The number of rotatable bonds is 8. The number of methoxy groups -OCH3 is 1. The summed E-state index contributed by atoms with van der Waals surface area (Å²) in [6, 6.07) is 15.6. The maximum Gasteiger partial charge on any atom is 0.221 e. The van der Waals surface area contributed by atoms with Gasteiger partial charge < -0.3 is 29.9 Å². The van der Waals surface area contributed by atoms with Crippen molar-refractivity contribution in [2.45, 2.75) is 13.8 Å². The molecule has 1 aliphatic rings.